The minimum atomic E-state index is -5.56. The van der Waals surface area contributed by atoms with E-state index in [1.54, 1.807) is 0 Å². The molecule has 0 rings (SSSR count). The number of carbonyl (C=O) groups excluding carboxylic acids is 1. The zero-order valence-corrected chi connectivity index (χ0v) is 9.66. The third-order valence-electron chi connectivity index (χ3n) is 1.13. The molecule has 0 aromatic carbocycles. The summed E-state index contributed by atoms with van der Waals surface area (Å²) >= 11 is 0. The zero-order valence-electron chi connectivity index (χ0n) is 7.21. The van der Waals surface area contributed by atoms with E-state index in [0.29, 0.717) is 0 Å². The van der Waals surface area contributed by atoms with Crippen molar-refractivity contribution in [1.82, 2.24) is 0 Å². The molecule has 0 saturated heterocycles. The molecule has 0 bridgehead atoms. The van der Waals surface area contributed by atoms with Crippen molar-refractivity contribution in [2.24, 2.45) is 0 Å². The molecule has 0 aliphatic carbocycles. The summed E-state index contributed by atoms with van der Waals surface area (Å²) in [5, 5.41) is 0. The van der Waals surface area contributed by atoms with E-state index in [1.807, 2.05) is 0 Å². The van der Waals surface area contributed by atoms with E-state index in [1.165, 1.54) is 0 Å². The van der Waals surface area contributed by atoms with Gasteiger partial charge in [-0.1, -0.05) is 0 Å². The SMILES string of the molecule is O=C(CS(=O)(=O)O)C(S(=O)(=O)O)S(=O)(=O)O. The van der Waals surface area contributed by atoms with Crippen LogP contribution in [0.5, 0.6) is 0 Å². The van der Waals surface area contributed by atoms with Gasteiger partial charge in [-0.25, -0.2) is 0 Å². The molecular weight excluding hydrogens is 292 g/mol. The lowest BCUT2D eigenvalue weighted by Crippen LogP contribution is -2.40. The first kappa shape index (κ1) is 15.4. The summed E-state index contributed by atoms with van der Waals surface area (Å²) in [4.78, 5) is 10.8. The van der Waals surface area contributed by atoms with Crippen molar-refractivity contribution in [3.63, 3.8) is 0 Å². The first-order valence-electron chi connectivity index (χ1n) is 3.15. The summed E-state index contributed by atoms with van der Waals surface area (Å²) in [6.45, 7) is 0. The standard InChI is InChI=1S/C3H6O10S3/c4-2(1-14(5,6)7)3(15(8,9)10)16(11,12)13/h3H,1H2,(H,5,6,7)(H,8,9,10)(H,11,12,13). The number of hydrogen-bond acceptors (Lipinski definition) is 7. The van der Waals surface area contributed by atoms with Crippen LogP contribution in [0.3, 0.4) is 0 Å². The molecule has 0 heterocycles. The van der Waals surface area contributed by atoms with Crippen LogP contribution in [-0.4, -0.2) is 55.0 Å². The van der Waals surface area contributed by atoms with Gasteiger partial charge < -0.3 is 0 Å². The molecule has 0 amide bonds. The van der Waals surface area contributed by atoms with E-state index < -0.39 is 46.5 Å². The van der Waals surface area contributed by atoms with Crippen LogP contribution in [-0.2, 0) is 35.1 Å². The predicted octanol–water partition coefficient (Wildman–Crippen LogP) is -2.45. The van der Waals surface area contributed by atoms with Crippen LogP contribution in [0.2, 0.25) is 0 Å². The Morgan fingerprint density at radius 2 is 1.19 bits per heavy atom. The lowest BCUT2D eigenvalue weighted by molar-refractivity contribution is -0.115. The van der Waals surface area contributed by atoms with Gasteiger partial charge in [0.1, 0.15) is 5.75 Å². The Balaban J connectivity index is 5.53. The quantitative estimate of drug-likeness (QED) is 0.460. The first-order valence-corrected chi connectivity index (χ1v) is 7.77. The van der Waals surface area contributed by atoms with Gasteiger partial charge in [0.15, 0.2) is 5.78 Å². The summed E-state index contributed by atoms with van der Waals surface area (Å²) in [7, 11) is -16.1. The molecule has 0 fully saturated rings. The van der Waals surface area contributed by atoms with Crippen molar-refractivity contribution < 1.29 is 43.7 Å². The molecule has 0 unspecified atom stereocenters. The molecule has 3 N–H and O–H groups in total. The number of ketones is 1. The number of Topliss-reactive ketones (excluding diaryl/α,β-unsaturated/α-hetero) is 1. The van der Waals surface area contributed by atoms with Crippen molar-refractivity contribution in [3.05, 3.63) is 0 Å². The van der Waals surface area contributed by atoms with Crippen LogP contribution >= 0.6 is 0 Å². The van der Waals surface area contributed by atoms with Gasteiger partial charge in [0.05, 0.1) is 0 Å². The van der Waals surface area contributed by atoms with Gasteiger partial charge >= 0.3 is 0 Å². The van der Waals surface area contributed by atoms with Crippen molar-refractivity contribution in [1.29, 1.82) is 0 Å². The van der Waals surface area contributed by atoms with Crippen molar-refractivity contribution in [2.75, 3.05) is 5.75 Å². The maximum absolute atomic E-state index is 10.8. The maximum Gasteiger partial charge on any atom is 0.292 e. The van der Waals surface area contributed by atoms with Crippen LogP contribution in [0.25, 0.3) is 0 Å². The van der Waals surface area contributed by atoms with Crippen LogP contribution in [0.4, 0.5) is 0 Å². The van der Waals surface area contributed by atoms with Crippen LogP contribution in [0, 0.1) is 0 Å². The van der Waals surface area contributed by atoms with E-state index in [-0.39, 0.29) is 0 Å². The molecule has 0 aliphatic rings. The van der Waals surface area contributed by atoms with E-state index in [9.17, 15) is 30.0 Å². The number of carbonyl (C=O) groups is 1. The van der Waals surface area contributed by atoms with Gasteiger partial charge in [0.2, 0.25) is 0 Å². The molecular formula is C3H6O10S3. The second kappa shape index (κ2) is 4.34. The molecule has 13 heteroatoms. The van der Waals surface area contributed by atoms with Crippen molar-refractivity contribution in [3.8, 4) is 0 Å². The third-order valence-corrected chi connectivity index (χ3v) is 4.85. The molecule has 0 aromatic heterocycles. The molecule has 0 aromatic rings. The maximum atomic E-state index is 10.8. The fourth-order valence-corrected chi connectivity index (χ4v) is 3.53. The summed E-state index contributed by atoms with van der Waals surface area (Å²) in [6, 6.07) is 0. The van der Waals surface area contributed by atoms with Gasteiger partial charge in [-0.3, -0.25) is 18.5 Å². The third kappa shape index (κ3) is 4.95. The minimum absolute atomic E-state index is 1.88. The molecule has 0 spiro atoms. The lowest BCUT2D eigenvalue weighted by atomic mass is 10.5. The Morgan fingerprint density at radius 1 is 0.875 bits per heavy atom. The number of hydrogen-bond donors (Lipinski definition) is 3. The Morgan fingerprint density at radius 3 is 1.38 bits per heavy atom. The van der Waals surface area contributed by atoms with Crippen molar-refractivity contribution in [2.45, 2.75) is 4.58 Å². The predicted molar refractivity (Wildman–Crippen MR) is 48.3 cm³/mol. The highest BCUT2D eigenvalue weighted by molar-refractivity contribution is 8.05. The summed E-state index contributed by atoms with van der Waals surface area (Å²) in [5.41, 5.74) is 0. The Labute approximate surface area is 90.5 Å². The lowest BCUT2D eigenvalue weighted by Gasteiger charge is -2.07. The van der Waals surface area contributed by atoms with Crippen LogP contribution in [0.1, 0.15) is 0 Å². The molecule has 10 nitrogen and oxygen atoms in total. The van der Waals surface area contributed by atoms with E-state index in [0.717, 1.165) is 0 Å². The average Bonchev–Trinajstić information content (AvgIpc) is 1.70. The number of rotatable bonds is 5. The molecule has 0 aliphatic heterocycles. The molecule has 16 heavy (non-hydrogen) atoms. The van der Waals surface area contributed by atoms with Gasteiger partial charge in [-0.05, 0) is 0 Å². The largest absolute Gasteiger partial charge is 0.296 e. The second-order valence-corrected chi connectivity index (χ2v) is 7.31. The summed E-state index contributed by atoms with van der Waals surface area (Å²) < 4.78 is 83.5. The molecule has 0 saturated carbocycles. The Kier molecular flexibility index (Phi) is 4.18. The highest BCUT2D eigenvalue weighted by Gasteiger charge is 2.43. The van der Waals surface area contributed by atoms with Crippen LogP contribution in [0.15, 0.2) is 0 Å². The Hall–Kier alpha value is -0.600. The van der Waals surface area contributed by atoms with E-state index in [2.05, 4.69) is 0 Å². The van der Waals surface area contributed by atoms with Gasteiger partial charge in [0.25, 0.3) is 34.9 Å². The van der Waals surface area contributed by atoms with E-state index >= 15 is 0 Å². The normalized spacial score (nSPS) is 14.0. The Bertz CT molecular complexity index is 543. The second-order valence-electron chi connectivity index (χ2n) is 2.55. The smallest absolute Gasteiger partial charge is 0.292 e. The molecule has 0 radical (unpaired) electrons. The van der Waals surface area contributed by atoms with Crippen molar-refractivity contribution >= 4 is 36.1 Å². The summed E-state index contributed by atoms with van der Waals surface area (Å²) in [6.07, 6.45) is 0. The zero-order chi connectivity index (χ0) is 13.4. The van der Waals surface area contributed by atoms with Gasteiger partial charge in [-0.2, -0.15) is 25.3 Å². The average molecular weight is 298 g/mol. The monoisotopic (exact) mass is 298 g/mol. The highest BCUT2D eigenvalue weighted by Crippen LogP contribution is 2.09. The van der Waals surface area contributed by atoms with Gasteiger partial charge in [-0.15, -0.1) is 0 Å². The minimum Gasteiger partial charge on any atom is -0.296 e. The topological polar surface area (TPSA) is 180 Å². The molecule has 96 valence electrons. The summed E-state index contributed by atoms with van der Waals surface area (Å²) in [5.74, 6) is -3.98. The van der Waals surface area contributed by atoms with Gasteiger partial charge in [0, 0.05) is 0 Å². The van der Waals surface area contributed by atoms with Crippen LogP contribution < -0.4 is 0 Å². The fraction of sp³-hybridized carbons (Fsp3) is 0.667. The fourth-order valence-electron chi connectivity index (χ4n) is 0.734. The first-order chi connectivity index (χ1) is 6.75. The van der Waals surface area contributed by atoms with E-state index in [4.69, 9.17) is 13.7 Å². The molecule has 0 atom stereocenters. The highest BCUT2D eigenvalue weighted by atomic mass is 32.3.